The Morgan fingerprint density at radius 2 is 2.00 bits per heavy atom. The molecule has 5 heteroatoms. The molecule has 1 aliphatic rings. The lowest BCUT2D eigenvalue weighted by molar-refractivity contribution is -0.141. The Labute approximate surface area is 109 Å². The molecule has 0 spiro atoms. The summed E-state index contributed by atoms with van der Waals surface area (Å²) in [5.41, 5.74) is 0. The summed E-state index contributed by atoms with van der Waals surface area (Å²) >= 11 is 0. The van der Waals surface area contributed by atoms with Crippen molar-refractivity contribution in [2.75, 3.05) is 13.6 Å². The SMILES string of the molecule is CC(CCC1CC1)NC(=O)N(C)CC(C)C(=O)O. The van der Waals surface area contributed by atoms with Crippen LogP contribution in [0.1, 0.15) is 39.5 Å². The van der Waals surface area contributed by atoms with Gasteiger partial charge in [0.1, 0.15) is 0 Å². The first-order chi connectivity index (χ1) is 8.40. The van der Waals surface area contributed by atoms with Crippen LogP contribution in [0.4, 0.5) is 4.79 Å². The minimum Gasteiger partial charge on any atom is -0.481 e. The maximum absolute atomic E-state index is 11.8. The van der Waals surface area contributed by atoms with Crippen LogP contribution in [0.5, 0.6) is 0 Å². The zero-order valence-corrected chi connectivity index (χ0v) is 11.5. The van der Waals surface area contributed by atoms with Crippen LogP contribution in [0.3, 0.4) is 0 Å². The molecule has 0 radical (unpaired) electrons. The van der Waals surface area contributed by atoms with Crippen molar-refractivity contribution in [2.45, 2.75) is 45.6 Å². The molecule has 104 valence electrons. The van der Waals surface area contributed by atoms with Crippen LogP contribution in [0.2, 0.25) is 0 Å². The molecule has 0 heterocycles. The van der Waals surface area contributed by atoms with Gasteiger partial charge in [0, 0.05) is 19.6 Å². The second-order valence-electron chi connectivity index (χ2n) is 5.49. The van der Waals surface area contributed by atoms with E-state index in [2.05, 4.69) is 5.32 Å². The van der Waals surface area contributed by atoms with Crippen molar-refractivity contribution in [3.05, 3.63) is 0 Å². The van der Waals surface area contributed by atoms with Gasteiger partial charge in [-0.15, -0.1) is 0 Å². The average Bonchev–Trinajstić information content (AvgIpc) is 3.09. The van der Waals surface area contributed by atoms with E-state index in [9.17, 15) is 9.59 Å². The summed E-state index contributed by atoms with van der Waals surface area (Å²) in [7, 11) is 1.63. The Kier molecular flexibility index (Phi) is 5.44. The molecule has 2 atom stereocenters. The molecule has 0 aromatic rings. The zero-order chi connectivity index (χ0) is 13.7. The van der Waals surface area contributed by atoms with Gasteiger partial charge in [-0.05, 0) is 25.7 Å². The normalized spacial score (nSPS) is 17.9. The van der Waals surface area contributed by atoms with Crippen LogP contribution in [0.15, 0.2) is 0 Å². The summed E-state index contributed by atoms with van der Waals surface area (Å²) in [6, 6.07) is -0.0351. The van der Waals surface area contributed by atoms with E-state index < -0.39 is 11.9 Å². The van der Waals surface area contributed by atoms with E-state index in [4.69, 9.17) is 5.11 Å². The largest absolute Gasteiger partial charge is 0.481 e. The molecule has 1 saturated carbocycles. The Morgan fingerprint density at radius 3 is 2.50 bits per heavy atom. The summed E-state index contributed by atoms with van der Waals surface area (Å²) < 4.78 is 0. The Morgan fingerprint density at radius 1 is 1.39 bits per heavy atom. The molecule has 18 heavy (non-hydrogen) atoms. The lowest BCUT2D eigenvalue weighted by atomic mass is 10.1. The number of amides is 2. The van der Waals surface area contributed by atoms with Crippen LogP contribution < -0.4 is 5.32 Å². The molecule has 0 bridgehead atoms. The molecular weight excluding hydrogens is 232 g/mol. The molecule has 0 aromatic heterocycles. The number of hydrogen-bond donors (Lipinski definition) is 2. The van der Waals surface area contributed by atoms with Crippen molar-refractivity contribution in [1.29, 1.82) is 0 Å². The summed E-state index contributed by atoms with van der Waals surface area (Å²) in [4.78, 5) is 23.9. The lowest BCUT2D eigenvalue weighted by Crippen LogP contribution is -2.44. The molecule has 2 unspecified atom stereocenters. The van der Waals surface area contributed by atoms with Gasteiger partial charge in [-0.3, -0.25) is 4.79 Å². The third-order valence-corrected chi connectivity index (χ3v) is 3.39. The summed E-state index contributed by atoms with van der Waals surface area (Å²) in [6.07, 6.45) is 4.84. The zero-order valence-electron chi connectivity index (χ0n) is 11.5. The Hall–Kier alpha value is -1.26. The second-order valence-corrected chi connectivity index (χ2v) is 5.49. The summed E-state index contributed by atoms with van der Waals surface area (Å²) in [5, 5.41) is 11.7. The fourth-order valence-electron chi connectivity index (χ4n) is 1.86. The van der Waals surface area contributed by atoms with Crippen LogP contribution in [-0.4, -0.2) is 41.6 Å². The van der Waals surface area contributed by atoms with E-state index in [-0.39, 0.29) is 18.6 Å². The predicted octanol–water partition coefficient (Wildman–Crippen LogP) is 1.93. The first kappa shape index (κ1) is 14.8. The van der Waals surface area contributed by atoms with E-state index in [1.54, 1.807) is 14.0 Å². The van der Waals surface area contributed by atoms with E-state index in [0.717, 1.165) is 12.3 Å². The van der Waals surface area contributed by atoms with Crippen molar-refractivity contribution in [2.24, 2.45) is 11.8 Å². The topological polar surface area (TPSA) is 69.6 Å². The van der Waals surface area contributed by atoms with Gasteiger partial charge in [0.05, 0.1) is 5.92 Å². The number of nitrogens with one attached hydrogen (secondary N) is 1. The van der Waals surface area contributed by atoms with Crippen molar-refractivity contribution in [1.82, 2.24) is 10.2 Å². The molecule has 1 rings (SSSR count). The van der Waals surface area contributed by atoms with Gasteiger partial charge in [0.15, 0.2) is 0 Å². The summed E-state index contributed by atoms with van der Waals surface area (Å²) in [5.74, 6) is -0.548. The smallest absolute Gasteiger partial charge is 0.317 e. The standard InChI is InChI=1S/C13H24N2O3/c1-9(12(16)17)8-15(3)13(18)14-10(2)4-5-11-6-7-11/h9-11H,4-8H2,1-3H3,(H,14,18)(H,16,17). The van der Waals surface area contributed by atoms with Crippen LogP contribution in [-0.2, 0) is 4.79 Å². The van der Waals surface area contributed by atoms with Crippen LogP contribution >= 0.6 is 0 Å². The van der Waals surface area contributed by atoms with Gasteiger partial charge in [0.25, 0.3) is 0 Å². The number of aliphatic carboxylic acids is 1. The second kappa shape index (κ2) is 6.61. The molecule has 0 aromatic carbocycles. The minimum atomic E-state index is -0.878. The number of rotatable bonds is 7. The molecular formula is C13H24N2O3. The highest BCUT2D eigenvalue weighted by atomic mass is 16.4. The number of carboxylic acids is 1. The molecule has 0 saturated heterocycles. The van der Waals surface area contributed by atoms with Gasteiger partial charge < -0.3 is 15.3 Å². The molecule has 2 amide bonds. The highest BCUT2D eigenvalue weighted by molar-refractivity contribution is 5.75. The number of carbonyl (C=O) groups is 2. The number of carboxylic acid groups (broad SMARTS) is 1. The number of carbonyl (C=O) groups excluding carboxylic acids is 1. The lowest BCUT2D eigenvalue weighted by Gasteiger charge is -2.22. The van der Waals surface area contributed by atoms with Gasteiger partial charge >= 0.3 is 12.0 Å². The average molecular weight is 256 g/mol. The van der Waals surface area contributed by atoms with E-state index in [1.165, 1.54) is 24.2 Å². The first-order valence-electron chi connectivity index (χ1n) is 6.64. The maximum Gasteiger partial charge on any atom is 0.317 e. The van der Waals surface area contributed by atoms with Crippen molar-refractivity contribution in [3.63, 3.8) is 0 Å². The van der Waals surface area contributed by atoms with Gasteiger partial charge in [-0.2, -0.15) is 0 Å². The number of urea groups is 1. The summed E-state index contributed by atoms with van der Waals surface area (Å²) in [6.45, 7) is 3.83. The van der Waals surface area contributed by atoms with E-state index in [0.29, 0.717) is 0 Å². The molecule has 1 fully saturated rings. The molecule has 0 aliphatic heterocycles. The first-order valence-corrected chi connectivity index (χ1v) is 6.64. The Balaban J connectivity index is 2.22. The fourth-order valence-corrected chi connectivity index (χ4v) is 1.86. The minimum absolute atomic E-state index is 0.153. The predicted molar refractivity (Wildman–Crippen MR) is 69.4 cm³/mol. The molecule has 2 N–H and O–H groups in total. The third-order valence-electron chi connectivity index (χ3n) is 3.39. The van der Waals surface area contributed by atoms with E-state index in [1.807, 2.05) is 6.92 Å². The fraction of sp³-hybridized carbons (Fsp3) is 0.846. The van der Waals surface area contributed by atoms with Gasteiger partial charge in [-0.25, -0.2) is 4.79 Å². The highest BCUT2D eigenvalue weighted by Crippen LogP contribution is 2.33. The maximum atomic E-state index is 11.8. The number of nitrogens with zero attached hydrogens (tertiary/aromatic N) is 1. The quantitative estimate of drug-likeness (QED) is 0.731. The van der Waals surface area contributed by atoms with Gasteiger partial charge in [-0.1, -0.05) is 19.8 Å². The Bertz CT molecular complexity index is 303. The van der Waals surface area contributed by atoms with Crippen molar-refractivity contribution >= 4 is 12.0 Å². The van der Waals surface area contributed by atoms with Crippen molar-refractivity contribution < 1.29 is 14.7 Å². The highest BCUT2D eigenvalue weighted by Gasteiger charge is 2.22. The van der Waals surface area contributed by atoms with Crippen LogP contribution in [0, 0.1) is 11.8 Å². The number of hydrogen-bond acceptors (Lipinski definition) is 2. The molecule has 5 nitrogen and oxygen atoms in total. The third kappa shape index (κ3) is 5.38. The molecule has 1 aliphatic carbocycles. The van der Waals surface area contributed by atoms with E-state index >= 15 is 0 Å². The van der Waals surface area contributed by atoms with Crippen molar-refractivity contribution in [3.8, 4) is 0 Å². The van der Waals surface area contributed by atoms with Crippen LogP contribution in [0.25, 0.3) is 0 Å². The van der Waals surface area contributed by atoms with Gasteiger partial charge in [0.2, 0.25) is 0 Å². The monoisotopic (exact) mass is 256 g/mol.